The molecule has 3 aromatic carbocycles. The smallest absolute Gasteiger partial charge is 0.0972 e. The molecule has 0 radical (unpaired) electrons. The molecule has 1 nitrogen and oxygen atoms in total. The molecule has 0 spiro atoms. The number of fused-ring (bicyclic) bond motifs is 1. The summed E-state index contributed by atoms with van der Waals surface area (Å²) in [6, 6.07) is 27.1. The third-order valence-corrected chi connectivity index (χ3v) is 7.03. The number of rotatable bonds is 5. The highest BCUT2D eigenvalue weighted by atomic mass is 15.2. The summed E-state index contributed by atoms with van der Waals surface area (Å²) < 4.78 is 0. The van der Waals surface area contributed by atoms with Crippen LogP contribution in [0.3, 0.4) is 0 Å². The van der Waals surface area contributed by atoms with Crippen LogP contribution in [0.15, 0.2) is 103 Å². The number of allylic oxidation sites excluding steroid dienone is 2. The molecule has 3 aromatic rings. The lowest BCUT2D eigenvalue weighted by atomic mass is 9.72. The summed E-state index contributed by atoms with van der Waals surface area (Å²) in [5.41, 5.74) is 9.16. The molecule has 0 N–H and O–H groups in total. The number of aryl methyl sites for hydroxylation is 1. The Labute approximate surface area is 192 Å². The first kappa shape index (κ1) is 20.7. The van der Waals surface area contributed by atoms with Crippen LogP contribution >= 0.6 is 0 Å². The molecule has 0 bridgehead atoms. The van der Waals surface area contributed by atoms with Crippen molar-refractivity contribution in [3.8, 4) is 0 Å². The highest BCUT2D eigenvalue weighted by Crippen LogP contribution is 2.46. The van der Waals surface area contributed by atoms with E-state index in [0.717, 1.165) is 32.4 Å². The number of nitrogens with zero attached hydrogens (tertiary/aromatic N) is 1. The Bertz CT molecular complexity index is 1170. The first-order valence-corrected chi connectivity index (χ1v) is 11.7. The molecule has 0 fully saturated rings. The van der Waals surface area contributed by atoms with Crippen molar-refractivity contribution in [2.75, 3.05) is 6.54 Å². The zero-order valence-corrected chi connectivity index (χ0v) is 18.9. The van der Waals surface area contributed by atoms with E-state index in [4.69, 9.17) is 0 Å². The largest absolute Gasteiger partial charge is 0.281 e. The normalized spacial score (nSPS) is 17.8. The molecule has 0 saturated carbocycles. The van der Waals surface area contributed by atoms with Crippen LogP contribution in [0.4, 0.5) is 0 Å². The van der Waals surface area contributed by atoms with E-state index in [0.29, 0.717) is 0 Å². The van der Waals surface area contributed by atoms with Gasteiger partial charge in [0.05, 0.1) is 5.54 Å². The maximum atomic E-state index is 3.96. The highest BCUT2D eigenvalue weighted by Gasteiger charge is 2.44. The molecule has 2 aliphatic rings. The Morgan fingerprint density at radius 1 is 0.875 bits per heavy atom. The second-order valence-corrected chi connectivity index (χ2v) is 8.99. The van der Waals surface area contributed by atoms with E-state index in [2.05, 4.69) is 109 Å². The molecule has 0 aromatic heterocycles. The minimum Gasteiger partial charge on any atom is -0.281 e. The summed E-state index contributed by atoms with van der Waals surface area (Å²) in [6.07, 6.45) is 12.4. The summed E-state index contributed by atoms with van der Waals surface area (Å²) in [5, 5.41) is 0. The molecule has 1 unspecified atom stereocenters. The van der Waals surface area contributed by atoms with Gasteiger partial charge in [-0.1, -0.05) is 109 Å². The van der Waals surface area contributed by atoms with Crippen molar-refractivity contribution in [2.45, 2.75) is 38.3 Å². The summed E-state index contributed by atoms with van der Waals surface area (Å²) in [7, 11) is 0. The molecular weight excluding hydrogens is 386 g/mol. The second-order valence-electron chi connectivity index (χ2n) is 8.99. The van der Waals surface area contributed by atoms with Gasteiger partial charge in [-0.3, -0.25) is 4.90 Å². The Morgan fingerprint density at radius 2 is 1.66 bits per heavy atom. The van der Waals surface area contributed by atoms with Gasteiger partial charge in [0.15, 0.2) is 0 Å². The van der Waals surface area contributed by atoms with Gasteiger partial charge in [0, 0.05) is 13.1 Å². The van der Waals surface area contributed by atoms with E-state index in [1.165, 1.54) is 39.0 Å². The van der Waals surface area contributed by atoms with Crippen LogP contribution in [-0.2, 0) is 18.5 Å². The van der Waals surface area contributed by atoms with Crippen molar-refractivity contribution in [3.63, 3.8) is 0 Å². The molecule has 5 rings (SSSR count). The standard InChI is InChI=1S/C31H31N/c1-3-25-16-17-27-23-32(21-20-26(27)22-25)31(28-10-6-4-7-11-28,29-12-8-5-9-13-29)30-18-14-24(2)15-19-30/h3-4,6-8,10-19,22H,1,5,9,20-21,23H2,2H3. The lowest BCUT2D eigenvalue weighted by molar-refractivity contribution is 0.138. The van der Waals surface area contributed by atoms with Crippen LogP contribution in [0, 0.1) is 6.92 Å². The fourth-order valence-corrected chi connectivity index (χ4v) is 5.39. The minimum absolute atomic E-state index is 0.305. The van der Waals surface area contributed by atoms with E-state index in [1.807, 2.05) is 6.08 Å². The second kappa shape index (κ2) is 8.76. The molecule has 1 aliphatic carbocycles. The van der Waals surface area contributed by atoms with Gasteiger partial charge in [-0.25, -0.2) is 0 Å². The van der Waals surface area contributed by atoms with E-state index in [1.54, 1.807) is 0 Å². The Morgan fingerprint density at radius 3 is 2.38 bits per heavy atom. The fraction of sp³-hybridized carbons (Fsp3) is 0.226. The lowest BCUT2D eigenvalue weighted by Crippen LogP contribution is -2.50. The number of hydrogen-bond acceptors (Lipinski definition) is 1. The Hall–Kier alpha value is -3.16. The highest BCUT2D eigenvalue weighted by molar-refractivity contribution is 5.54. The van der Waals surface area contributed by atoms with Gasteiger partial charge in [0.25, 0.3) is 0 Å². The van der Waals surface area contributed by atoms with Crippen LogP contribution in [0.5, 0.6) is 0 Å². The predicted octanol–water partition coefficient (Wildman–Crippen LogP) is 7.22. The van der Waals surface area contributed by atoms with Crippen molar-refractivity contribution in [2.24, 2.45) is 0 Å². The van der Waals surface area contributed by atoms with Crippen LogP contribution in [0.2, 0.25) is 0 Å². The maximum Gasteiger partial charge on any atom is 0.0972 e. The first-order chi connectivity index (χ1) is 15.7. The zero-order valence-electron chi connectivity index (χ0n) is 18.9. The van der Waals surface area contributed by atoms with Crippen LogP contribution < -0.4 is 0 Å². The third kappa shape index (κ3) is 3.57. The molecule has 1 atom stereocenters. The van der Waals surface area contributed by atoms with E-state index in [9.17, 15) is 0 Å². The monoisotopic (exact) mass is 417 g/mol. The van der Waals surface area contributed by atoms with Gasteiger partial charge < -0.3 is 0 Å². The van der Waals surface area contributed by atoms with Crippen molar-refractivity contribution >= 4 is 6.08 Å². The zero-order chi connectivity index (χ0) is 22.0. The van der Waals surface area contributed by atoms with Gasteiger partial charge in [0.1, 0.15) is 0 Å². The Kier molecular flexibility index (Phi) is 5.68. The van der Waals surface area contributed by atoms with Crippen LogP contribution in [0.25, 0.3) is 6.08 Å². The molecule has 0 amide bonds. The molecule has 1 heteroatoms. The molecule has 0 saturated heterocycles. The number of hydrogen-bond donors (Lipinski definition) is 0. The molecular formula is C31H31N. The lowest BCUT2D eigenvalue weighted by Gasteiger charge is -2.48. The van der Waals surface area contributed by atoms with Crippen LogP contribution in [0.1, 0.15) is 46.2 Å². The van der Waals surface area contributed by atoms with Gasteiger partial charge in [-0.2, -0.15) is 0 Å². The predicted molar refractivity (Wildman–Crippen MR) is 136 cm³/mol. The molecule has 1 heterocycles. The topological polar surface area (TPSA) is 3.24 Å². The minimum atomic E-state index is -0.305. The molecule has 32 heavy (non-hydrogen) atoms. The maximum absolute atomic E-state index is 3.96. The van der Waals surface area contributed by atoms with Gasteiger partial charge in [-0.05, 0) is 59.6 Å². The van der Waals surface area contributed by atoms with Crippen molar-refractivity contribution < 1.29 is 0 Å². The van der Waals surface area contributed by atoms with Crippen molar-refractivity contribution in [1.82, 2.24) is 4.90 Å². The summed E-state index contributed by atoms with van der Waals surface area (Å²) >= 11 is 0. The number of benzene rings is 3. The first-order valence-electron chi connectivity index (χ1n) is 11.7. The van der Waals surface area contributed by atoms with Gasteiger partial charge in [0.2, 0.25) is 0 Å². The summed E-state index contributed by atoms with van der Waals surface area (Å²) in [6.45, 7) is 8.07. The Balaban J connectivity index is 1.72. The van der Waals surface area contributed by atoms with E-state index >= 15 is 0 Å². The average Bonchev–Trinajstić information content (AvgIpc) is 2.86. The fourth-order valence-electron chi connectivity index (χ4n) is 5.39. The van der Waals surface area contributed by atoms with Gasteiger partial charge >= 0.3 is 0 Å². The average molecular weight is 418 g/mol. The van der Waals surface area contributed by atoms with E-state index < -0.39 is 0 Å². The molecule has 1 aliphatic heterocycles. The SMILES string of the molecule is C=Cc1ccc2c(c1)CCN(C(C1=CCCC=C1)(c1ccccc1)c1ccc(C)cc1)C2. The van der Waals surface area contributed by atoms with E-state index in [-0.39, 0.29) is 5.54 Å². The molecule has 160 valence electrons. The van der Waals surface area contributed by atoms with Crippen molar-refractivity contribution in [3.05, 3.63) is 137 Å². The van der Waals surface area contributed by atoms with Crippen LogP contribution in [-0.4, -0.2) is 11.4 Å². The summed E-state index contributed by atoms with van der Waals surface area (Å²) in [5.74, 6) is 0. The van der Waals surface area contributed by atoms with Gasteiger partial charge in [-0.15, -0.1) is 0 Å². The quantitative estimate of drug-likeness (QED) is 0.424. The summed E-state index contributed by atoms with van der Waals surface area (Å²) in [4.78, 5) is 2.70. The van der Waals surface area contributed by atoms with Crippen molar-refractivity contribution in [1.29, 1.82) is 0 Å². The third-order valence-electron chi connectivity index (χ3n) is 7.03.